The van der Waals surface area contributed by atoms with Crippen molar-refractivity contribution < 1.29 is 0 Å². The lowest BCUT2D eigenvalue weighted by atomic mass is 9.75. The molecule has 4 rings (SSSR count). The van der Waals surface area contributed by atoms with Crippen LogP contribution in [0.4, 0.5) is 0 Å². The minimum Gasteiger partial charge on any atom is -0.0760 e. The van der Waals surface area contributed by atoms with Crippen LogP contribution in [-0.4, -0.2) is 0 Å². The van der Waals surface area contributed by atoms with Crippen molar-refractivity contribution in [1.82, 2.24) is 0 Å². The molecule has 140 valence electrons. The van der Waals surface area contributed by atoms with Gasteiger partial charge in [0.15, 0.2) is 0 Å². The van der Waals surface area contributed by atoms with Gasteiger partial charge < -0.3 is 0 Å². The Morgan fingerprint density at radius 3 is 1.64 bits per heavy atom. The van der Waals surface area contributed by atoms with E-state index in [0.717, 1.165) is 0 Å². The lowest BCUT2D eigenvalue weighted by molar-refractivity contribution is 0.705. The Hall–Kier alpha value is -2.86. The Balaban J connectivity index is 1.88. The van der Waals surface area contributed by atoms with Crippen molar-refractivity contribution in [2.75, 3.05) is 0 Å². The van der Waals surface area contributed by atoms with E-state index >= 15 is 0 Å². The van der Waals surface area contributed by atoms with E-state index < -0.39 is 0 Å². The minimum absolute atomic E-state index is 0.308. The van der Waals surface area contributed by atoms with E-state index in [-0.39, 0.29) is 0 Å². The van der Waals surface area contributed by atoms with Gasteiger partial charge in [0, 0.05) is 11.8 Å². The molecule has 0 bridgehead atoms. The first-order chi connectivity index (χ1) is 13.5. The summed E-state index contributed by atoms with van der Waals surface area (Å²) in [5.41, 5.74) is 10.9. The molecule has 0 spiro atoms. The predicted octanol–water partition coefficient (Wildman–Crippen LogP) is 7.32. The van der Waals surface area contributed by atoms with Crippen molar-refractivity contribution in [3.8, 4) is 0 Å². The molecule has 0 N–H and O–H groups in total. The van der Waals surface area contributed by atoms with Gasteiger partial charge in [0.05, 0.1) is 0 Å². The summed E-state index contributed by atoms with van der Waals surface area (Å²) in [6.07, 6.45) is 6.89. The van der Waals surface area contributed by atoms with Gasteiger partial charge in [-0.25, -0.2) is 0 Å². The molecule has 0 heterocycles. The number of hydrogen-bond acceptors (Lipinski definition) is 0. The number of benzene rings is 3. The molecule has 1 aliphatic rings. The summed E-state index contributed by atoms with van der Waals surface area (Å²) >= 11 is 0. The summed E-state index contributed by atoms with van der Waals surface area (Å²) in [6.45, 7) is 8.81. The molecule has 0 amide bonds. The van der Waals surface area contributed by atoms with Gasteiger partial charge >= 0.3 is 0 Å². The number of aryl methyl sites for hydroxylation is 4. The monoisotopic (exact) mass is 364 g/mol. The van der Waals surface area contributed by atoms with Gasteiger partial charge in [-0.2, -0.15) is 0 Å². The van der Waals surface area contributed by atoms with Crippen LogP contribution >= 0.6 is 0 Å². The van der Waals surface area contributed by atoms with E-state index in [1.165, 1.54) is 44.5 Å². The lowest BCUT2D eigenvalue weighted by Gasteiger charge is -2.28. The topological polar surface area (TPSA) is 0 Å². The summed E-state index contributed by atoms with van der Waals surface area (Å²) < 4.78 is 0. The van der Waals surface area contributed by atoms with Crippen LogP contribution in [0, 0.1) is 33.6 Å². The van der Waals surface area contributed by atoms with Gasteiger partial charge in [-0.1, -0.05) is 107 Å². The molecule has 0 aromatic heterocycles. The second-order valence-corrected chi connectivity index (χ2v) is 8.22. The van der Waals surface area contributed by atoms with Crippen LogP contribution in [0.25, 0.3) is 5.57 Å². The maximum absolute atomic E-state index is 2.38. The number of allylic oxidation sites excluding steroid dienone is 4. The van der Waals surface area contributed by atoms with Crippen LogP contribution in [0.3, 0.4) is 0 Å². The Bertz CT molecular complexity index is 959. The van der Waals surface area contributed by atoms with E-state index in [9.17, 15) is 0 Å². The smallest absolute Gasteiger partial charge is 0.0193 e. The third-order valence-electron chi connectivity index (χ3n) is 5.63. The summed E-state index contributed by atoms with van der Waals surface area (Å²) in [6, 6.07) is 24.8. The zero-order valence-electron chi connectivity index (χ0n) is 17.2. The second-order valence-electron chi connectivity index (χ2n) is 8.22. The van der Waals surface area contributed by atoms with Gasteiger partial charge in [-0.3, -0.25) is 0 Å². The fourth-order valence-electron chi connectivity index (χ4n) is 4.69. The van der Waals surface area contributed by atoms with Crippen LogP contribution in [0.15, 0.2) is 85.0 Å². The predicted molar refractivity (Wildman–Crippen MR) is 121 cm³/mol. The maximum atomic E-state index is 2.38. The second kappa shape index (κ2) is 7.64. The Morgan fingerprint density at radius 2 is 1.14 bits per heavy atom. The van der Waals surface area contributed by atoms with Gasteiger partial charge in [-0.05, 0) is 50.0 Å². The summed E-state index contributed by atoms with van der Waals surface area (Å²) in [7, 11) is 0. The average molecular weight is 365 g/mol. The quantitative estimate of drug-likeness (QED) is 0.455. The van der Waals surface area contributed by atoms with Gasteiger partial charge in [-0.15, -0.1) is 0 Å². The highest BCUT2D eigenvalue weighted by Gasteiger charge is 2.29. The van der Waals surface area contributed by atoms with Gasteiger partial charge in [0.25, 0.3) is 0 Å². The molecule has 1 aliphatic carbocycles. The molecule has 1 atom stereocenters. The molecule has 0 saturated heterocycles. The molecule has 3 aromatic rings. The van der Waals surface area contributed by atoms with Crippen molar-refractivity contribution in [3.63, 3.8) is 0 Å². The first-order valence-corrected chi connectivity index (χ1v) is 10.1. The zero-order valence-corrected chi connectivity index (χ0v) is 17.2. The highest BCUT2D eigenvalue weighted by molar-refractivity contribution is 5.75. The summed E-state index contributed by atoms with van der Waals surface area (Å²) in [5.74, 6) is 0.646. The zero-order chi connectivity index (χ0) is 19.7. The van der Waals surface area contributed by atoms with Gasteiger partial charge in [0.2, 0.25) is 0 Å². The van der Waals surface area contributed by atoms with E-state index in [1.807, 2.05) is 0 Å². The molecule has 0 aliphatic heterocycles. The van der Waals surface area contributed by atoms with Crippen molar-refractivity contribution in [1.29, 1.82) is 0 Å². The van der Waals surface area contributed by atoms with Crippen LogP contribution < -0.4 is 0 Å². The lowest BCUT2D eigenvalue weighted by Crippen LogP contribution is -2.14. The first kappa shape index (κ1) is 18.5. The minimum atomic E-state index is 0.308. The summed E-state index contributed by atoms with van der Waals surface area (Å²) in [5, 5.41) is 0. The fourth-order valence-corrected chi connectivity index (χ4v) is 4.69. The van der Waals surface area contributed by atoms with Crippen LogP contribution in [0.5, 0.6) is 0 Å². The van der Waals surface area contributed by atoms with Crippen molar-refractivity contribution in [2.24, 2.45) is 5.92 Å². The highest BCUT2D eigenvalue weighted by Crippen LogP contribution is 2.44. The fraction of sp³-hybridized carbons (Fsp3) is 0.214. The van der Waals surface area contributed by atoms with Crippen molar-refractivity contribution in [3.05, 3.63) is 124 Å². The Kier molecular flexibility index (Phi) is 5.05. The molecule has 28 heavy (non-hydrogen) atoms. The SMILES string of the molecule is Cc1cc(C)cc(C(c2cc(C)cc(C)c2)C2C=CC=C2c2ccccc2)c1. The maximum Gasteiger partial charge on any atom is 0.0193 e. The molecular formula is C28H28. The Labute approximate surface area is 169 Å². The molecule has 0 heteroatoms. The first-order valence-electron chi connectivity index (χ1n) is 10.1. The number of hydrogen-bond donors (Lipinski definition) is 0. The normalized spacial score (nSPS) is 15.9. The van der Waals surface area contributed by atoms with E-state index in [1.54, 1.807) is 0 Å². The molecule has 3 aromatic carbocycles. The third-order valence-corrected chi connectivity index (χ3v) is 5.63. The molecule has 0 saturated carbocycles. The molecule has 1 unspecified atom stereocenters. The molecular weight excluding hydrogens is 336 g/mol. The molecule has 0 radical (unpaired) electrons. The van der Waals surface area contributed by atoms with Crippen LogP contribution in [0.1, 0.15) is 44.9 Å². The van der Waals surface area contributed by atoms with Crippen molar-refractivity contribution >= 4 is 5.57 Å². The molecule has 0 nitrogen and oxygen atoms in total. The molecule has 0 fully saturated rings. The third kappa shape index (κ3) is 3.73. The van der Waals surface area contributed by atoms with Gasteiger partial charge in [0.1, 0.15) is 0 Å². The van der Waals surface area contributed by atoms with E-state index in [2.05, 4.69) is 113 Å². The van der Waals surface area contributed by atoms with E-state index in [4.69, 9.17) is 0 Å². The number of rotatable bonds is 4. The largest absolute Gasteiger partial charge is 0.0760 e. The standard InChI is InChI=1S/C28H28/c1-19-13-20(2)16-24(15-19)28(25-17-21(3)14-22(4)18-25)27-12-8-11-26(27)23-9-6-5-7-10-23/h5-18,27-28H,1-4H3. The highest BCUT2D eigenvalue weighted by atomic mass is 14.3. The van der Waals surface area contributed by atoms with Crippen molar-refractivity contribution in [2.45, 2.75) is 33.6 Å². The summed E-state index contributed by atoms with van der Waals surface area (Å²) in [4.78, 5) is 0. The van der Waals surface area contributed by atoms with Crippen LogP contribution in [0.2, 0.25) is 0 Å². The average Bonchev–Trinajstić information content (AvgIpc) is 3.10. The van der Waals surface area contributed by atoms with Crippen LogP contribution in [-0.2, 0) is 0 Å². The van der Waals surface area contributed by atoms with E-state index in [0.29, 0.717) is 11.8 Å². The Morgan fingerprint density at radius 1 is 0.643 bits per heavy atom.